The minimum atomic E-state index is -2.76. The SMILES string of the molecule is CC(C)C1CCC(C)S(=O)(=O)C1. The third-order valence-electron chi connectivity index (χ3n) is 2.95. The molecule has 0 radical (unpaired) electrons. The van der Waals surface area contributed by atoms with E-state index in [9.17, 15) is 8.42 Å². The van der Waals surface area contributed by atoms with Crippen molar-refractivity contribution in [3.63, 3.8) is 0 Å². The average molecular weight is 190 g/mol. The summed E-state index contributed by atoms with van der Waals surface area (Å²) in [6.45, 7) is 6.04. The summed E-state index contributed by atoms with van der Waals surface area (Å²) in [5.74, 6) is 1.31. The Kier molecular flexibility index (Phi) is 2.81. The molecular weight excluding hydrogens is 172 g/mol. The molecule has 0 N–H and O–H groups in total. The zero-order valence-corrected chi connectivity index (χ0v) is 8.89. The summed E-state index contributed by atoms with van der Waals surface area (Å²) in [7, 11) is -2.76. The van der Waals surface area contributed by atoms with Crippen LogP contribution in [0.5, 0.6) is 0 Å². The first-order valence-electron chi connectivity index (χ1n) is 4.65. The van der Waals surface area contributed by atoms with Gasteiger partial charge < -0.3 is 0 Å². The molecule has 2 unspecified atom stereocenters. The Morgan fingerprint density at radius 3 is 2.25 bits per heavy atom. The zero-order chi connectivity index (χ0) is 9.35. The van der Waals surface area contributed by atoms with Crippen molar-refractivity contribution in [2.75, 3.05) is 5.75 Å². The lowest BCUT2D eigenvalue weighted by molar-refractivity contribution is 0.363. The Hall–Kier alpha value is -0.0500. The van der Waals surface area contributed by atoms with Crippen molar-refractivity contribution < 1.29 is 8.42 Å². The second-order valence-corrected chi connectivity index (χ2v) is 6.69. The molecule has 0 aromatic carbocycles. The van der Waals surface area contributed by atoms with E-state index in [1.165, 1.54) is 0 Å². The van der Waals surface area contributed by atoms with Gasteiger partial charge in [-0.3, -0.25) is 0 Å². The molecule has 0 amide bonds. The van der Waals surface area contributed by atoms with E-state index in [1.807, 2.05) is 6.92 Å². The molecule has 1 fully saturated rings. The predicted molar refractivity (Wildman–Crippen MR) is 50.8 cm³/mol. The van der Waals surface area contributed by atoms with Crippen LogP contribution in [-0.4, -0.2) is 19.4 Å². The molecule has 0 aromatic rings. The van der Waals surface area contributed by atoms with Gasteiger partial charge in [-0.15, -0.1) is 0 Å². The maximum atomic E-state index is 11.5. The monoisotopic (exact) mass is 190 g/mol. The minimum Gasteiger partial charge on any atom is -0.229 e. The molecule has 1 rings (SSSR count). The van der Waals surface area contributed by atoms with Gasteiger partial charge in [0.2, 0.25) is 0 Å². The van der Waals surface area contributed by atoms with Crippen LogP contribution in [0.15, 0.2) is 0 Å². The van der Waals surface area contributed by atoms with E-state index in [0.717, 1.165) is 12.8 Å². The molecule has 72 valence electrons. The molecule has 2 atom stereocenters. The summed E-state index contributed by atoms with van der Waals surface area (Å²) in [6.07, 6.45) is 1.93. The Labute approximate surface area is 75.3 Å². The van der Waals surface area contributed by atoms with Crippen LogP contribution in [0.3, 0.4) is 0 Å². The third kappa shape index (κ3) is 2.00. The van der Waals surface area contributed by atoms with Crippen LogP contribution in [0.25, 0.3) is 0 Å². The zero-order valence-electron chi connectivity index (χ0n) is 8.08. The Morgan fingerprint density at radius 1 is 1.25 bits per heavy atom. The quantitative estimate of drug-likeness (QED) is 0.632. The van der Waals surface area contributed by atoms with Gasteiger partial charge >= 0.3 is 0 Å². The third-order valence-corrected chi connectivity index (χ3v) is 5.30. The van der Waals surface area contributed by atoms with E-state index in [4.69, 9.17) is 0 Å². The van der Waals surface area contributed by atoms with Gasteiger partial charge in [0.25, 0.3) is 0 Å². The lowest BCUT2D eigenvalue weighted by atomic mass is 9.92. The lowest BCUT2D eigenvalue weighted by Gasteiger charge is -2.28. The number of sulfone groups is 1. The summed E-state index contributed by atoms with van der Waals surface area (Å²) < 4.78 is 23.0. The average Bonchev–Trinajstić information content (AvgIpc) is 1.94. The van der Waals surface area contributed by atoms with Gasteiger partial charge in [-0.05, 0) is 31.6 Å². The molecular formula is C9H18O2S. The molecule has 1 saturated heterocycles. The second kappa shape index (κ2) is 3.36. The summed E-state index contributed by atoms with van der Waals surface area (Å²) in [6, 6.07) is 0. The highest BCUT2D eigenvalue weighted by Crippen LogP contribution is 2.28. The van der Waals surface area contributed by atoms with Crippen LogP contribution in [0, 0.1) is 11.8 Å². The smallest absolute Gasteiger partial charge is 0.153 e. The van der Waals surface area contributed by atoms with Crippen molar-refractivity contribution >= 4 is 9.84 Å². The van der Waals surface area contributed by atoms with E-state index in [2.05, 4.69) is 13.8 Å². The fourth-order valence-electron chi connectivity index (χ4n) is 1.70. The largest absolute Gasteiger partial charge is 0.229 e. The molecule has 0 aromatic heterocycles. The molecule has 1 aliphatic heterocycles. The number of rotatable bonds is 1. The van der Waals surface area contributed by atoms with Crippen LogP contribution in [0.4, 0.5) is 0 Å². The molecule has 0 saturated carbocycles. The van der Waals surface area contributed by atoms with Gasteiger partial charge in [0, 0.05) is 0 Å². The van der Waals surface area contributed by atoms with Gasteiger partial charge in [-0.2, -0.15) is 0 Å². The fourth-order valence-corrected chi connectivity index (χ4v) is 3.67. The number of hydrogen-bond donors (Lipinski definition) is 0. The molecule has 3 heteroatoms. The van der Waals surface area contributed by atoms with Gasteiger partial charge in [0.15, 0.2) is 9.84 Å². The molecule has 1 aliphatic rings. The highest BCUT2D eigenvalue weighted by atomic mass is 32.2. The van der Waals surface area contributed by atoms with Crippen LogP contribution in [0.2, 0.25) is 0 Å². The molecule has 0 bridgehead atoms. The number of hydrogen-bond acceptors (Lipinski definition) is 2. The predicted octanol–water partition coefficient (Wildman–Crippen LogP) is 1.86. The Balaban J connectivity index is 2.70. The van der Waals surface area contributed by atoms with E-state index in [1.54, 1.807) is 0 Å². The minimum absolute atomic E-state index is 0.104. The van der Waals surface area contributed by atoms with Crippen molar-refractivity contribution in [2.45, 2.75) is 38.9 Å². The fraction of sp³-hybridized carbons (Fsp3) is 1.00. The molecule has 0 aliphatic carbocycles. The van der Waals surface area contributed by atoms with Crippen molar-refractivity contribution in [3.05, 3.63) is 0 Å². The first kappa shape index (κ1) is 10.0. The maximum Gasteiger partial charge on any atom is 0.153 e. The molecule has 1 heterocycles. The van der Waals surface area contributed by atoms with Gasteiger partial charge in [-0.25, -0.2) is 8.42 Å². The highest BCUT2D eigenvalue weighted by Gasteiger charge is 2.32. The molecule has 12 heavy (non-hydrogen) atoms. The summed E-state index contributed by atoms with van der Waals surface area (Å²) in [4.78, 5) is 0. The van der Waals surface area contributed by atoms with Crippen molar-refractivity contribution in [3.8, 4) is 0 Å². The van der Waals surface area contributed by atoms with Crippen LogP contribution in [-0.2, 0) is 9.84 Å². The van der Waals surface area contributed by atoms with Gasteiger partial charge in [-0.1, -0.05) is 13.8 Å². The summed E-state index contributed by atoms with van der Waals surface area (Å²) in [5.41, 5.74) is 0. The molecule has 2 nitrogen and oxygen atoms in total. The first-order valence-corrected chi connectivity index (χ1v) is 6.36. The second-order valence-electron chi connectivity index (χ2n) is 4.22. The van der Waals surface area contributed by atoms with Crippen LogP contribution < -0.4 is 0 Å². The van der Waals surface area contributed by atoms with Crippen molar-refractivity contribution in [2.24, 2.45) is 11.8 Å². The highest BCUT2D eigenvalue weighted by molar-refractivity contribution is 7.92. The van der Waals surface area contributed by atoms with E-state index < -0.39 is 9.84 Å². The topological polar surface area (TPSA) is 34.1 Å². The van der Waals surface area contributed by atoms with Gasteiger partial charge in [0.1, 0.15) is 0 Å². The van der Waals surface area contributed by atoms with Crippen molar-refractivity contribution in [1.82, 2.24) is 0 Å². The van der Waals surface area contributed by atoms with Crippen LogP contribution >= 0.6 is 0 Å². The Bertz CT molecular complexity index is 241. The van der Waals surface area contributed by atoms with E-state index in [-0.39, 0.29) is 5.25 Å². The van der Waals surface area contributed by atoms with Crippen molar-refractivity contribution in [1.29, 1.82) is 0 Å². The van der Waals surface area contributed by atoms with E-state index in [0.29, 0.717) is 17.6 Å². The lowest BCUT2D eigenvalue weighted by Crippen LogP contribution is -2.33. The van der Waals surface area contributed by atoms with Crippen LogP contribution in [0.1, 0.15) is 33.6 Å². The molecule has 0 spiro atoms. The first-order chi connectivity index (χ1) is 5.43. The standard InChI is InChI=1S/C9H18O2S/c1-7(2)9-5-4-8(3)12(10,11)6-9/h7-9H,4-6H2,1-3H3. The summed E-state index contributed by atoms with van der Waals surface area (Å²) in [5, 5.41) is -0.104. The Morgan fingerprint density at radius 2 is 1.83 bits per heavy atom. The maximum absolute atomic E-state index is 11.5. The normalized spacial score (nSPS) is 35.3. The van der Waals surface area contributed by atoms with Gasteiger partial charge in [0.05, 0.1) is 11.0 Å². The van der Waals surface area contributed by atoms with E-state index >= 15 is 0 Å². The summed E-state index contributed by atoms with van der Waals surface area (Å²) >= 11 is 0.